The molecule has 0 heterocycles. The van der Waals surface area contributed by atoms with Crippen molar-refractivity contribution in [2.75, 3.05) is 31.9 Å². The highest BCUT2D eigenvalue weighted by Crippen LogP contribution is 2.09. The Morgan fingerprint density at radius 2 is 1.88 bits per heavy atom. The second-order valence-corrected chi connectivity index (χ2v) is 6.58. The predicted molar refractivity (Wildman–Crippen MR) is 73.6 cm³/mol. The molecule has 0 aromatic heterocycles. The van der Waals surface area contributed by atoms with Gasteiger partial charge in [-0.1, -0.05) is 34.1 Å². The number of sulfonamides is 1. The van der Waals surface area contributed by atoms with Crippen molar-refractivity contribution in [3.8, 4) is 0 Å². The van der Waals surface area contributed by atoms with Crippen LogP contribution in [0.5, 0.6) is 0 Å². The fraction of sp³-hybridized carbons (Fsp3) is 1.00. The smallest absolute Gasteiger partial charge is 0.214 e. The Kier molecular flexibility index (Phi) is 8.82. The van der Waals surface area contributed by atoms with Gasteiger partial charge in [-0.3, -0.25) is 0 Å². The third kappa shape index (κ3) is 7.01. The lowest BCUT2D eigenvalue weighted by Crippen LogP contribution is -2.36. The Labute approximate surface area is 107 Å². The van der Waals surface area contributed by atoms with Crippen molar-refractivity contribution >= 4 is 10.0 Å². The van der Waals surface area contributed by atoms with Gasteiger partial charge in [-0.05, 0) is 25.4 Å². The molecule has 0 radical (unpaired) electrons. The van der Waals surface area contributed by atoms with Crippen LogP contribution in [-0.2, 0) is 10.0 Å². The Morgan fingerprint density at radius 3 is 2.35 bits per heavy atom. The molecule has 0 aromatic rings. The molecule has 0 fully saturated rings. The molecule has 0 aliphatic rings. The van der Waals surface area contributed by atoms with Gasteiger partial charge in [0.2, 0.25) is 10.0 Å². The van der Waals surface area contributed by atoms with E-state index in [1.165, 1.54) is 0 Å². The highest BCUT2D eigenvalue weighted by Gasteiger charge is 2.21. The highest BCUT2D eigenvalue weighted by molar-refractivity contribution is 7.89. The summed E-state index contributed by atoms with van der Waals surface area (Å²) in [7, 11) is -3.06. The van der Waals surface area contributed by atoms with E-state index in [9.17, 15) is 8.42 Å². The van der Waals surface area contributed by atoms with E-state index in [4.69, 9.17) is 0 Å². The van der Waals surface area contributed by atoms with Crippen LogP contribution in [0.2, 0.25) is 0 Å². The van der Waals surface area contributed by atoms with Crippen LogP contribution in [0.25, 0.3) is 0 Å². The fourth-order valence-electron chi connectivity index (χ4n) is 1.60. The minimum Gasteiger partial charge on any atom is -0.317 e. The van der Waals surface area contributed by atoms with E-state index in [1.54, 1.807) is 4.31 Å². The topological polar surface area (TPSA) is 49.4 Å². The van der Waals surface area contributed by atoms with Gasteiger partial charge in [0, 0.05) is 13.1 Å². The van der Waals surface area contributed by atoms with Crippen molar-refractivity contribution in [3.05, 3.63) is 0 Å². The van der Waals surface area contributed by atoms with E-state index in [1.807, 2.05) is 13.8 Å². The van der Waals surface area contributed by atoms with Crippen LogP contribution < -0.4 is 5.32 Å². The van der Waals surface area contributed by atoms with Gasteiger partial charge in [0.1, 0.15) is 0 Å². The van der Waals surface area contributed by atoms with E-state index in [-0.39, 0.29) is 5.75 Å². The van der Waals surface area contributed by atoms with Gasteiger partial charge in [0.25, 0.3) is 0 Å². The Bertz CT molecular complexity index is 278. The first-order valence-corrected chi connectivity index (χ1v) is 8.27. The zero-order chi connectivity index (χ0) is 13.3. The summed E-state index contributed by atoms with van der Waals surface area (Å²) in [4.78, 5) is 0. The lowest BCUT2D eigenvalue weighted by Gasteiger charge is -2.23. The number of hydrogen-bond acceptors (Lipinski definition) is 3. The number of nitrogens with one attached hydrogen (secondary N) is 1. The van der Waals surface area contributed by atoms with Crippen LogP contribution in [0.1, 0.15) is 40.5 Å². The van der Waals surface area contributed by atoms with Crippen LogP contribution in [-0.4, -0.2) is 44.7 Å². The van der Waals surface area contributed by atoms with Crippen molar-refractivity contribution < 1.29 is 8.42 Å². The highest BCUT2D eigenvalue weighted by atomic mass is 32.2. The molecule has 17 heavy (non-hydrogen) atoms. The average Bonchev–Trinajstić information content (AvgIpc) is 2.31. The van der Waals surface area contributed by atoms with Gasteiger partial charge >= 0.3 is 0 Å². The molecular weight excluding hydrogens is 236 g/mol. The first-order chi connectivity index (χ1) is 7.97. The van der Waals surface area contributed by atoms with Crippen LogP contribution >= 0.6 is 0 Å². The van der Waals surface area contributed by atoms with Gasteiger partial charge in [-0.15, -0.1) is 0 Å². The molecule has 0 rings (SSSR count). The van der Waals surface area contributed by atoms with Crippen LogP contribution in [0.3, 0.4) is 0 Å². The fourth-order valence-corrected chi connectivity index (χ4v) is 3.24. The molecule has 0 amide bonds. The summed E-state index contributed by atoms with van der Waals surface area (Å²) in [5, 5.41) is 3.15. The first kappa shape index (κ1) is 16.9. The molecule has 0 aliphatic carbocycles. The van der Waals surface area contributed by atoms with Crippen LogP contribution in [0, 0.1) is 5.92 Å². The molecule has 0 saturated heterocycles. The Morgan fingerprint density at radius 1 is 1.24 bits per heavy atom. The number of hydrogen-bond donors (Lipinski definition) is 1. The lowest BCUT2D eigenvalue weighted by atomic mass is 10.1. The molecule has 5 heteroatoms. The van der Waals surface area contributed by atoms with Gasteiger partial charge < -0.3 is 5.32 Å². The molecule has 0 aromatic carbocycles. The summed E-state index contributed by atoms with van der Waals surface area (Å²) in [6, 6.07) is 0. The van der Waals surface area contributed by atoms with E-state index in [0.29, 0.717) is 25.4 Å². The van der Waals surface area contributed by atoms with Gasteiger partial charge in [-0.2, -0.15) is 0 Å². The molecule has 0 saturated carbocycles. The SMILES string of the molecule is CCNCCCS(=O)(=O)N(CC)CC(C)CC. The number of nitrogens with zero attached hydrogens (tertiary/aromatic N) is 1. The first-order valence-electron chi connectivity index (χ1n) is 6.66. The zero-order valence-electron chi connectivity index (χ0n) is 11.7. The molecule has 0 spiro atoms. The van der Waals surface area contributed by atoms with E-state index < -0.39 is 10.0 Å². The van der Waals surface area contributed by atoms with E-state index in [0.717, 1.165) is 19.5 Å². The van der Waals surface area contributed by atoms with Crippen molar-refractivity contribution in [1.82, 2.24) is 9.62 Å². The maximum atomic E-state index is 12.1. The maximum Gasteiger partial charge on any atom is 0.214 e. The van der Waals surface area contributed by atoms with Crippen LogP contribution in [0.15, 0.2) is 0 Å². The second-order valence-electron chi connectivity index (χ2n) is 4.49. The van der Waals surface area contributed by atoms with Gasteiger partial charge in [0.15, 0.2) is 0 Å². The molecule has 0 aliphatic heterocycles. The van der Waals surface area contributed by atoms with E-state index >= 15 is 0 Å². The predicted octanol–water partition coefficient (Wildman–Crippen LogP) is 1.68. The Balaban J connectivity index is 4.23. The van der Waals surface area contributed by atoms with Gasteiger partial charge in [-0.25, -0.2) is 12.7 Å². The summed E-state index contributed by atoms with van der Waals surface area (Å²) in [5.41, 5.74) is 0. The minimum absolute atomic E-state index is 0.254. The molecule has 0 bridgehead atoms. The minimum atomic E-state index is -3.06. The molecule has 4 nitrogen and oxygen atoms in total. The maximum absolute atomic E-state index is 12.1. The molecular formula is C12H28N2O2S. The van der Waals surface area contributed by atoms with Crippen molar-refractivity contribution in [1.29, 1.82) is 0 Å². The third-order valence-corrected chi connectivity index (χ3v) is 4.96. The molecule has 104 valence electrons. The zero-order valence-corrected chi connectivity index (χ0v) is 12.5. The second kappa shape index (κ2) is 8.89. The normalized spacial score (nSPS) is 14.2. The number of rotatable bonds is 10. The lowest BCUT2D eigenvalue weighted by molar-refractivity contribution is 0.361. The average molecular weight is 264 g/mol. The summed E-state index contributed by atoms with van der Waals surface area (Å²) in [6.45, 7) is 11.0. The van der Waals surface area contributed by atoms with Crippen molar-refractivity contribution in [2.24, 2.45) is 5.92 Å². The van der Waals surface area contributed by atoms with E-state index in [2.05, 4.69) is 19.2 Å². The third-order valence-electron chi connectivity index (χ3n) is 2.96. The van der Waals surface area contributed by atoms with Crippen LogP contribution in [0.4, 0.5) is 0 Å². The largest absolute Gasteiger partial charge is 0.317 e. The summed E-state index contributed by atoms with van der Waals surface area (Å²) >= 11 is 0. The summed E-state index contributed by atoms with van der Waals surface area (Å²) in [5.74, 6) is 0.683. The quantitative estimate of drug-likeness (QED) is 0.611. The van der Waals surface area contributed by atoms with Crippen molar-refractivity contribution in [3.63, 3.8) is 0 Å². The standard InChI is InChI=1S/C12H28N2O2S/c1-5-12(4)11-14(7-3)17(15,16)10-8-9-13-6-2/h12-13H,5-11H2,1-4H3. The molecule has 1 atom stereocenters. The van der Waals surface area contributed by atoms with Crippen molar-refractivity contribution in [2.45, 2.75) is 40.5 Å². The molecule has 1 unspecified atom stereocenters. The Hall–Kier alpha value is -0.130. The monoisotopic (exact) mass is 264 g/mol. The molecule has 1 N–H and O–H groups in total. The summed E-state index contributed by atoms with van der Waals surface area (Å²) in [6.07, 6.45) is 1.70. The van der Waals surface area contributed by atoms with Gasteiger partial charge in [0.05, 0.1) is 5.75 Å². The summed E-state index contributed by atoms with van der Waals surface area (Å²) < 4.78 is 25.8.